The molecule has 6 heteroatoms. The fourth-order valence-electron chi connectivity index (χ4n) is 5.49. The van der Waals surface area contributed by atoms with E-state index in [-0.39, 0.29) is 24.5 Å². The fraction of sp³-hybridized carbons (Fsp3) is 0.720. The van der Waals surface area contributed by atoms with Crippen molar-refractivity contribution in [2.75, 3.05) is 6.54 Å². The first-order valence-electron chi connectivity index (χ1n) is 12.2. The molecule has 2 saturated carbocycles. The normalized spacial score (nSPS) is 19.7. The summed E-state index contributed by atoms with van der Waals surface area (Å²) in [6.07, 6.45) is 12.8. The van der Waals surface area contributed by atoms with Crippen molar-refractivity contribution in [2.24, 2.45) is 0 Å². The number of carbonyl (C=O) groups is 1. The average molecular weight is 449 g/mol. The standard InChI is InChI=1S/C25H40N2O3S/c1-19-16-20(2)25(21(3)17-19)31(29,30)27(23-14-10-7-11-15-23)18-24(28)26-22-12-8-5-4-6-9-13-22/h16-17,22-23H,4-15,18H2,1-3H3,(H,26,28). The van der Waals surface area contributed by atoms with E-state index < -0.39 is 10.0 Å². The van der Waals surface area contributed by atoms with Crippen LogP contribution in [0.5, 0.6) is 0 Å². The first-order valence-corrected chi connectivity index (χ1v) is 13.6. The Hall–Kier alpha value is -1.40. The van der Waals surface area contributed by atoms with Crippen molar-refractivity contribution in [2.45, 2.75) is 115 Å². The summed E-state index contributed by atoms with van der Waals surface area (Å²) < 4.78 is 29.2. The van der Waals surface area contributed by atoms with Crippen LogP contribution in [-0.2, 0) is 14.8 Å². The minimum absolute atomic E-state index is 0.0732. The Bertz CT molecular complexity index is 829. The lowest BCUT2D eigenvalue weighted by Crippen LogP contribution is -2.49. The highest BCUT2D eigenvalue weighted by Crippen LogP contribution is 2.31. The van der Waals surface area contributed by atoms with Crippen molar-refractivity contribution in [1.29, 1.82) is 0 Å². The number of carbonyl (C=O) groups excluding carboxylic acids is 1. The number of amides is 1. The zero-order valence-corrected chi connectivity index (χ0v) is 20.4. The van der Waals surface area contributed by atoms with Crippen LogP contribution < -0.4 is 5.32 Å². The third kappa shape index (κ3) is 6.32. The second kappa shape index (κ2) is 11.0. The topological polar surface area (TPSA) is 66.5 Å². The van der Waals surface area contributed by atoms with Crippen molar-refractivity contribution >= 4 is 15.9 Å². The summed E-state index contributed by atoms with van der Waals surface area (Å²) in [6.45, 7) is 5.63. The second-order valence-corrected chi connectivity index (χ2v) is 11.5. The predicted molar refractivity (Wildman–Crippen MR) is 126 cm³/mol. The molecule has 5 nitrogen and oxygen atoms in total. The Kier molecular flexibility index (Phi) is 8.57. The third-order valence-electron chi connectivity index (χ3n) is 6.92. The van der Waals surface area contributed by atoms with Gasteiger partial charge >= 0.3 is 0 Å². The lowest BCUT2D eigenvalue weighted by Gasteiger charge is -2.34. The maximum absolute atomic E-state index is 13.9. The highest BCUT2D eigenvalue weighted by atomic mass is 32.2. The van der Waals surface area contributed by atoms with Crippen molar-refractivity contribution < 1.29 is 13.2 Å². The van der Waals surface area contributed by atoms with Crippen molar-refractivity contribution in [3.63, 3.8) is 0 Å². The molecular formula is C25H40N2O3S. The lowest BCUT2D eigenvalue weighted by molar-refractivity contribution is -0.122. The van der Waals surface area contributed by atoms with E-state index in [1.54, 1.807) is 0 Å². The van der Waals surface area contributed by atoms with E-state index >= 15 is 0 Å². The molecule has 1 aromatic carbocycles. The van der Waals surface area contributed by atoms with E-state index in [1.165, 1.54) is 23.6 Å². The number of hydrogen-bond acceptors (Lipinski definition) is 3. The summed E-state index contributed by atoms with van der Waals surface area (Å²) in [4.78, 5) is 13.4. The highest BCUT2D eigenvalue weighted by Gasteiger charge is 2.36. The summed E-state index contributed by atoms with van der Waals surface area (Å²) >= 11 is 0. The summed E-state index contributed by atoms with van der Waals surface area (Å²) in [7, 11) is -3.76. The lowest BCUT2D eigenvalue weighted by atomic mass is 9.95. The molecule has 2 aliphatic rings. The molecule has 1 aromatic rings. The maximum Gasteiger partial charge on any atom is 0.244 e. The van der Waals surface area contributed by atoms with E-state index in [0.29, 0.717) is 4.90 Å². The number of aryl methyl sites for hydroxylation is 3. The Labute approximate surface area is 189 Å². The first kappa shape index (κ1) is 24.2. The van der Waals surface area contributed by atoms with Crippen LogP contribution in [-0.4, -0.2) is 37.3 Å². The zero-order chi connectivity index (χ0) is 22.4. The van der Waals surface area contributed by atoms with Crippen LogP contribution in [0.3, 0.4) is 0 Å². The summed E-state index contributed by atoms with van der Waals surface area (Å²) in [6, 6.07) is 3.93. The predicted octanol–water partition coefficient (Wildman–Crippen LogP) is 5.16. The fourth-order valence-corrected chi connectivity index (χ4v) is 7.54. The molecule has 2 aliphatic carbocycles. The van der Waals surface area contributed by atoms with Gasteiger partial charge in [-0.1, -0.05) is 69.1 Å². The van der Waals surface area contributed by atoms with Gasteiger partial charge in [-0.25, -0.2) is 8.42 Å². The van der Waals surface area contributed by atoms with Gasteiger partial charge in [-0.05, 0) is 57.6 Å². The molecule has 0 saturated heterocycles. The van der Waals surface area contributed by atoms with Gasteiger partial charge in [0.15, 0.2) is 0 Å². The minimum atomic E-state index is -3.76. The van der Waals surface area contributed by atoms with E-state index in [0.717, 1.165) is 74.5 Å². The summed E-state index contributed by atoms with van der Waals surface area (Å²) in [5.74, 6) is -0.151. The van der Waals surface area contributed by atoms with E-state index in [2.05, 4.69) is 5.32 Å². The van der Waals surface area contributed by atoms with Gasteiger partial charge < -0.3 is 5.32 Å². The van der Waals surface area contributed by atoms with Crippen LogP contribution in [0.15, 0.2) is 17.0 Å². The summed E-state index contributed by atoms with van der Waals surface area (Å²) in [5.41, 5.74) is 2.58. The molecule has 0 radical (unpaired) electrons. The van der Waals surface area contributed by atoms with Crippen LogP contribution >= 0.6 is 0 Å². The Morgan fingerprint density at radius 3 is 1.94 bits per heavy atom. The number of nitrogens with zero attached hydrogens (tertiary/aromatic N) is 1. The summed E-state index contributed by atoms with van der Waals surface area (Å²) in [5, 5.41) is 3.17. The molecule has 0 spiro atoms. The van der Waals surface area contributed by atoms with Gasteiger partial charge in [0.05, 0.1) is 11.4 Å². The molecule has 31 heavy (non-hydrogen) atoms. The molecule has 0 atom stereocenters. The Balaban J connectivity index is 1.83. The smallest absolute Gasteiger partial charge is 0.244 e. The van der Waals surface area contributed by atoms with Crippen molar-refractivity contribution in [3.05, 3.63) is 28.8 Å². The van der Waals surface area contributed by atoms with Crippen LogP contribution in [0.2, 0.25) is 0 Å². The van der Waals surface area contributed by atoms with E-state index in [4.69, 9.17) is 0 Å². The van der Waals surface area contributed by atoms with Gasteiger partial charge in [0.1, 0.15) is 0 Å². The third-order valence-corrected chi connectivity index (χ3v) is 9.13. The van der Waals surface area contributed by atoms with Crippen LogP contribution in [0.25, 0.3) is 0 Å². The Morgan fingerprint density at radius 1 is 0.871 bits per heavy atom. The number of sulfonamides is 1. The van der Waals surface area contributed by atoms with E-state index in [9.17, 15) is 13.2 Å². The van der Waals surface area contributed by atoms with Crippen molar-refractivity contribution in [3.8, 4) is 0 Å². The number of benzene rings is 1. The van der Waals surface area contributed by atoms with E-state index in [1.807, 2.05) is 32.9 Å². The molecule has 174 valence electrons. The molecule has 1 amide bonds. The number of rotatable bonds is 6. The van der Waals surface area contributed by atoms with Crippen molar-refractivity contribution in [1.82, 2.24) is 9.62 Å². The molecule has 3 rings (SSSR count). The molecule has 0 aromatic heterocycles. The zero-order valence-electron chi connectivity index (χ0n) is 19.6. The highest BCUT2D eigenvalue weighted by molar-refractivity contribution is 7.89. The van der Waals surface area contributed by atoms with Gasteiger partial charge in [0.2, 0.25) is 15.9 Å². The van der Waals surface area contributed by atoms with Gasteiger partial charge in [-0.3, -0.25) is 4.79 Å². The van der Waals surface area contributed by atoms with Crippen LogP contribution in [0.1, 0.15) is 93.7 Å². The molecule has 0 bridgehead atoms. The van der Waals surface area contributed by atoms with Gasteiger partial charge in [0.25, 0.3) is 0 Å². The SMILES string of the molecule is Cc1cc(C)c(S(=O)(=O)N(CC(=O)NC2CCCCCCC2)C2CCCCC2)c(C)c1. The minimum Gasteiger partial charge on any atom is -0.352 e. The molecule has 0 unspecified atom stereocenters. The quantitative estimate of drug-likeness (QED) is 0.653. The number of hydrogen-bond donors (Lipinski definition) is 1. The Morgan fingerprint density at radius 2 is 1.35 bits per heavy atom. The average Bonchev–Trinajstić information content (AvgIpc) is 2.67. The van der Waals surface area contributed by atoms with Crippen LogP contribution in [0.4, 0.5) is 0 Å². The van der Waals surface area contributed by atoms with Gasteiger partial charge in [0, 0.05) is 12.1 Å². The molecule has 2 fully saturated rings. The largest absolute Gasteiger partial charge is 0.352 e. The molecular weight excluding hydrogens is 408 g/mol. The van der Waals surface area contributed by atoms with Gasteiger partial charge in [-0.2, -0.15) is 4.31 Å². The maximum atomic E-state index is 13.9. The van der Waals surface area contributed by atoms with Crippen LogP contribution in [0, 0.1) is 20.8 Å². The molecule has 1 N–H and O–H groups in total. The number of nitrogens with one attached hydrogen (secondary N) is 1. The molecule has 0 aliphatic heterocycles. The monoisotopic (exact) mass is 448 g/mol. The molecule has 0 heterocycles. The van der Waals surface area contributed by atoms with Gasteiger partial charge in [-0.15, -0.1) is 0 Å². The first-order chi connectivity index (χ1) is 14.8. The second-order valence-electron chi connectivity index (χ2n) is 9.68.